The number of ether oxygens (including phenoxy) is 3. The maximum atomic E-state index is 12.9. The zero-order valence-corrected chi connectivity index (χ0v) is 47.6. The van der Waals surface area contributed by atoms with E-state index in [2.05, 4.69) is 39.1 Å². The smallest absolute Gasteiger partial charge is 0.411 e. The minimum atomic E-state index is -0.818. The highest BCUT2D eigenvalue weighted by Gasteiger charge is 2.43. The van der Waals surface area contributed by atoms with Gasteiger partial charge in [-0.15, -0.1) is 0 Å². The van der Waals surface area contributed by atoms with Crippen LogP contribution in [0.5, 0.6) is 5.75 Å². The van der Waals surface area contributed by atoms with Crippen molar-refractivity contribution in [2.24, 2.45) is 9.98 Å². The van der Waals surface area contributed by atoms with Crippen LogP contribution < -0.4 is 16.2 Å². The van der Waals surface area contributed by atoms with Crippen LogP contribution in [0.4, 0.5) is 16.2 Å². The molecule has 0 bridgehead atoms. The number of methoxy groups -OCH3 is 1. The Kier molecular flexibility index (Phi) is 26.5. The summed E-state index contributed by atoms with van der Waals surface area (Å²) in [7, 11) is 3.03. The number of hydrogen-bond donors (Lipinski definition) is 2. The molecule has 0 aliphatic carbocycles. The monoisotopic (exact) mass is 1120 g/mol. The Labute approximate surface area is 463 Å². The molecule has 2 aliphatic rings. The van der Waals surface area contributed by atoms with Gasteiger partial charge < -0.3 is 30.6 Å². The predicted molar refractivity (Wildman–Crippen MR) is 312 cm³/mol. The molecular weight excluding hydrogens is 1040 g/mol. The molecule has 0 spiro atoms. The van der Waals surface area contributed by atoms with Crippen molar-refractivity contribution in [3.05, 3.63) is 148 Å². The molecule has 0 radical (unpaired) electrons. The average molecular weight is 1120 g/mol. The number of imide groups is 1. The molecular formula is C60H76BrN7O9. The van der Waals surface area contributed by atoms with Crippen molar-refractivity contribution in [3.63, 3.8) is 0 Å². The van der Waals surface area contributed by atoms with Crippen molar-refractivity contribution >= 4 is 75.8 Å². The number of likely N-dealkylation sites (tertiary alicyclic amines) is 1. The number of aliphatic imine (C=N–C) groups is 2. The first kappa shape index (κ1) is 63.6. The Hall–Kier alpha value is -7.66. The van der Waals surface area contributed by atoms with Gasteiger partial charge in [0, 0.05) is 84.6 Å². The van der Waals surface area contributed by atoms with Gasteiger partial charge in [-0.05, 0) is 94.0 Å². The average Bonchev–Trinajstić information content (AvgIpc) is 3.95. The summed E-state index contributed by atoms with van der Waals surface area (Å²) in [5, 5.41) is 0. The lowest BCUT2D eigenvalue weighted by molar-refractivity contribution is -0.145. The summed E-state index contributed by atoms with van der Waals surface area (Å²) in [6, 6.07) is 24.7. The number of nitrogens with two attached hydrogens (primary N) is 2. The lowest BCUT2D eigenvalue weighted by Gasteiger charge is -2.27. The molecule has 4 aromatic carbocycles. The molecule has 1 saturated heterocycles. The van der Waals surface area contributed by atoms with E-state index in [1.807, 2.05) is 82.3 Å². The fourth-order valence-corrected chi connectivity index (χ4v) is 8.50. The molecule has 2 atom stereocenters. The Bertz CT molecular complexity index is 2730. The number of rotatable bonds is 20. The van der Waals surface area contributed by atoms with Gasteiger partial charge in [0.15, 0.2) is 6.29 Å². The number of nitrogens with zero attached hydrogens (tertiary/aromatic N) is 5. The third-order valence-electron chi connectivity index (χ3n) is 11.7. The lowest BCUT2D eigenvalue weighted by atomic mass is 9.98. The Balaban J connectivity index is 0.000000439. The number of amides is 4. The van der Waals surface area contributed by atoms with Gasteiger partial charge in [-0.25, -0.2) is 9.59 Å². The molecule has 2 heterocycles. The molecule has 2 aliphatic heterocycles. The van der Waals surface area contributed by atoms with Gasteiger partial charge in [-0.3, -0.25) is 39.0 Å². The fraction of sp³-hybridized carbons (Fsp3) is 0.367. The van der Waals surface area contributed by atoms with Crippen LogP contribution in [-0.2, 0) is 23.9 Å². The third-order valence-corrected chi connectivity index (χ3v) is 12.4. The van der Waals surface area contributed by atoms with Crippen molar-refractivity contribution in [2.45, 2.75) is 98.3 Å². The number of benzene rings is 4. The highest BCUT2D eigenvalue weighted by atomic mass is 79.9. The van der Waals surface area contributed by atoms with Gasteiger partial charge in [0.2, 0.25) is 0 Å². The number of anilines is 2. The van der Waals surface area contributed by atoms with Gasteiger partial charge in [-0.1, -0.05) is 117 Å². The minimum absolute atomic E-state index is 0.141. The number of hydrogen-bond acceptors (Lipinski definition) is 13. The standard InChI is InChI=1S/C36H42N4O7.C20H22BrN3O2.2C2H6/c1-7-26-27(8-2)33(42)39(32(26)41)18-10-9-17-38-21-29-28(15-12-16-30(29)37)23-13-11-14-24(19-23)46-25-20-31(34(43)45-6)40(22-25)35(44)47-36(3,4)5;1-24(20(26)16-8-3-2-7-15(16)14-25)12-5-4-11-23-13-17-18(21)9-6-10-19(17)22;2*1-2/h7-8,11-16,19,21,25,31H,1-2,9-10,17-18,20,22,37H2,3-6H3;2-3,6-10,13-14H,4-5,11-12,22H2,1H3;2*1-2H3. The number of unbranched alkanes of at least 4 members (excludes halogenated alkanes) is 2. The second kappa shape index (κ2) is 32.0. The predicted octanol–water partition coefficient (Wildman–Crippen LogP) is 11.0. The normalized spacial score (nSPS) is 14.9. The third kappa shape index (κ3) is 18.3. The van der Waals surface area contributed by atoms with Gasteiger partial charge >= 0.3 is 12.1 Å². The molecule has 1 fully saturated rings. The number of esters is 1. The van der Waals surface area contributed by atoms with Crippen molar-refractivity contribution < 1.29 is 43.0 Å². The van der Waals surface area contributed by atoms with E-state index in [0.717, 1.165) is 39.6 Å². The second-order valence-corrected chi connectivity index (χ2v) is 19.0. The second-order valence-electron chi connectivity index (χ2n) is 18.1. The maximum absolute atomic E-state index is 12.9. The zero-order valence-electron chi connectivity index (χ0n) is 46.1. The molecule has 4 aromatic rings. The summed E-state index contributed by atoms with van der Waals surface area (Å²) in [5.41, 5.74) is 17.5. The van der Waals surface area contributed by atoms with Gasteiger partial charge in [-0.2, -0.15) is 0 Å². The van der Waals surface area contributed by atoms with Crippen molar-refractivity contribution in [3.8, 4) is 16.9 Å². The summed E-state index contributed by atoms with van der Waals surface area (Å²) >= 11 is 3.46. The molecule has 17 heteroatoms. The van der Waals surface area contributed by atoms with Crippen LogP contribution in [0.3, 0.4) is 0 Å². The SMILES string of the molecule is C=CC1=C(C=C)C(=O)N(CCCCN=Cc2c(N)cccc2-c2cccc(OC3CC(C(=O)OC)N(C(=O)OC(C)(C)C)C3)c2)C1=O.CC.CC.CN(CCCCN=Cc1c(N)cccc1Br)C(=O)c1ccccc1C=O. The maximum Gasteiger partial charge on any atom is 0.411 e. The van der Waals surface area contributed by atoms with Crippen LogP contribution in [0.1, 0.15) is 112 Å². The number of aldehydes is 1. The van der Waals surface area contributed by atoms with E-state index in [-0.39, 0.29) is 48.4 Å². The van der Waals surface area contributed by atoms with E-state index in [0.29, 0.717) is 67.0 Å². The number of nitrogen functional groups attached to an aromatic ring is 2. The highest BCUT2D eigenvalue weighted by Crippen LogP contribution is 2.32. The van der Waals surface area contributed by atoms with Crippen LogP contribution in [0.2, 0.25) is 0 Å². The Morgan fingerprint density at radius 3 is 1.99 bits per heavy atom. The number of halogens is 1. The molecule has 4 N–H and O–H groups in total. The van der Waals surface area contributed by atoms with Crippen LogP contribution in [0.25, 0.3) is 11.1 Å². The molecule has 2 unspecified atom stereocenters. The molecule has 6 rings (SSSR count). The minimum Gasteiger partial charge on any atom is -0.488 e. The zero-order chi connectivity index (χ0) is 57.2. The fourth-order valence-electron chi connectivity index (χ4n) is 8.01. The molecule has 77 heavy (non-hydrogen) atoms. The first-order chi connectivity index (χ1) is 36.9. The van der Waals surface area contributed by atoms with Crippen LogP contribution in [0, 0.1) is 0 Å². The highest BCUT2D eigenvalue weighted by molar-refractivity contribution is 9.10. The first-order valence-corrected chi connectivity index (χ1v) is 26.6. The van der Waals surface area contributed by atoms with Gasteiger partial charge in [0.25, 0.3) is 17.7 Å². The summed E-state index contributed by atoms with van der Waals surface area (Å²) in [4.78, 5) is 87.1. The number of carbonyl (C=O) groups is 6. The van der Waals surface area contributed by atoms with E-state index in [1.165, 1.54) is 29.1 Å². The van der Waals surface area contributed by atoms with E-state index in [1.54, 1.807) is 75.5 Å². The van der Waals surface area contributed by atoms with Crippen LogP contribution in [0.15, 0.2) is 136 Å². The van der Waals surface area contributed by atoms with Crippen molar-refractivity contribution in [2.75, 3.05) is 58.3 Å². The molecule has 412 valence electrons. The Morgan fingerprint density at radius 1 is 0.805 bits per heavy atom. The number of carbonyl (C=O) groups excluding carboxylic acids is 6. The van der Waals surface area contributed by atoms with E-state index in [9.17, 15) is 28.8 Å². The largest absolute Gasteiger partial charge is 0.488 e. The molecule has 4 amide bonds. The summed E-state index contributed by atoms with van der Waals surface area (Å²) < 4.78 is 17.6. The van der Waals surface area contributed by atoms with Gasteiger partial charge in [0.1, 0.15) is 23.5 Å². The summed E-state index contributed by atoms with van der Waals surface area (Å²) in [5.74, 6) is -0.816. The summed E-state index contributed by atoms with van der Waals surface area (Å²) in [6.45, 7) is 22.7. The van der Waals surface area contributed by atoms with E-state index >= 15 is 0 Å². The van der Waals surface area contributed by atoms with E-state index < -0.39 is 29.8 Å². The topological polar surface area (TPSA) is 217 Å². The molecule has 0 aromatic heterocycles. The van der Waals surface area contributed by atoms with Crippen LogP contribution in [-0.4, -0.2) is 128 Å². The van der Waals surface area contributed by atoms with Crippen LogP contribution >= 0.6 is 15.9 Å². The lowest BCUT2D eigenvalue weighted by Crippen LogP contribution is -2.44. The van der Waals surface area contributed by atoms with Crippen molar-refractivity contribution in [1.29, 1.82) is 0 Å². The van der Waals surface area contributed by atoms with E-state index in [4.69, 9.17) is 25.7 Å². The first-order valence-electron chi connectivity index (χ1n) is 25.8. The van der Waals surface area contributed by atoms with Crippen molar-refractivity contribution in [1.82, 2.24) is 14.7 Å². The van der Waals surface area contributed by atoms with Gasteiger partial charge in [0.05, 0.1) is 30.4 Å². The molecule has 0 saturated carbocycles. The molecule has 16 nitrogen and oxygen atoms in total. The summed E-state index contributed by atoms with van der Waals surface area (Å²) in [6.07, 6.45) is 9.11. The quantitative estimate of drug-likeness (QED) is 0.0212. The Morgan fingerprint density at radius 2 is 1.39 bits per heavy atom.